The van der Waals surface area contributed by atoms with E-state index in [2.05, 4.69) is 0 Å². The van der Waals surface area contributed by atoms with Crippen molar-refractivity contribution in [3.05, 3.63) is 33.9 Å². The molecule has 1 aromatic rings. The summed E-state index contributed by atoms with van der Waals surface area (Å²) in [6.45, 7) is 2.09. The van der Waals surface area contributed by atoms with Gasteiger partial charge in [-0.2, -0.15) is 0 Å². The molecule has 0 aliphatic carbocycles. The molecule has 1 saturated heterocycles. The minimum absolute atomic E-state index is 0.0105. The van der Waals surface area contributed by atoms with Crippen molar-refractivity contribution in [2.75, 3.05) is 11.4 Å². The molecule has 7 heteroatoms. The molecule has 106 valence electrons. The zero-order valence-electron chi connectivity index (χ0n) is 11.0. The number of anilines is 1. The molecule has 2 amide bonds. The quantitative estimate of drug-likeness (QED) is 0.654. The normalized spacial score (nSPS) is 18.4. The predicted molar refractivity (Wildman–Crippen MR) is 72.1 cm³/mol. The Kier molecular flexibility index (Phi) is 3.69. The Morgan fingerprint density at radius 3 is 2.75 bits per heavy atom. The third-order valence-electron chi connectivity index (χ3n) is 3.47. The summed E-state index contributed by atoms with van der Waals surface area (Å²) in [6, 6.07) is 4.37. The number of hydrogen-bond donors (Lipinski definition) is 1. The molecule has 0 bridgehead atoms. The van der Waals surface area contributed by atoms with E-state index in [1.54, 1.807) is 6.07 Å². The van der Waals surface area contributed by atoms with E-state index in [9.17, 15) is 19.7 Å². The van der Waals surface area contributed by atoms with Crippen LogP contribution in [-0.2, 0) is 16.0 Å². The van der Waals surface area contributed by atoms with Crippen LogP contribution < -0.4 is 10.6 Å². The number of nitrogens with zero attached hydrogens (tertiary/aromatic N) is 2. The molecule has 1 aliphatic heterocycles. The van der Waals surface area contributed by atoms with Crippen LogP contribution in [0, 0.1) is 16.0 Å². The fraction of sp³-hybridized carbons (Fsp3) is 0.385. The van der Waals surface area contributed by atoms with E-state index in [0.717, 1.165) is 0 Å². The zero-order chi connectivity index (χ0) is 14.9. The molecule has 0 aromatic heterocycles. The van der Waals surface area contributed by atoms with Crippen LogP contribution in [0.1, 0.15) is 18.9 Å². The van der Waals surface area contributed by atoms with Gasteiger partial charge in [-0.05, 0) is 18.1 Å². The molecule has 2 N–H and O–H groups in total. The van der Waals surface area contributed by atoms with Crippen molar-refractivity contribution >= 4 is 23.2 Å². The molecule has 1 aliphatic rings. The van der Waals surface area contributed by atoms with Crippen molar-refractivity contribution in [1.82, 2.24) is 0 Å². The Hall–Kier alpha value is -2.44. The first-order valence-corrected chi connectivity index (χ1v) is 6.31. The van der Waals surface area contributed by atoms with Gasteiger partial charge in [0, 0.05) is 30.8 Å². The van der Waals surface area contributed by atoms with E-state index in [1.165, 1.54) is 17.0 Å². The summed E-state index contributed by atoms with van der Waals surface area (Å²) in [5.74, 6) is -1.18. The summed E-state index contributed by atoms with van der Waals surface area (Å²) in [4.78, 5) is 34.9. The lowest BCUT2D eigenvalue weighted by atomic mass is 10.1. The lowest BCUT2D eigenvalue weighted by molar-refractivity contribution is -0.384. The average Bonchev–Trinajstić information content (AvgIpc) is 2.80. The minimum atomic E-state index is -0.499. The van der Waals surface area contributed by atoms with Gasteiger partial charge in [0.15, 0.2) is 0 Å². The van der Waals surface area contributed by atoms with Gasteiger partial charge in [-0.1, -0.05) is 6.92 Å². The third-order valence-corrected chi connectivity index (χ3v) is 3.47. The van der Waals surface area contributed by atoms with E-state index < -0.39 is 16.7 Å². The van der Waals surface area contributed by atoms with Crippen LogP contribution in [0.2, 0.25) is 0 Å². The van der Waals surface area contributed by atoms with Crippen LogP contribution >= 0.6 is 0 Å². The number of benzene rings is 1. The summed E-state index contributed by atoms with van der Waals surface area (Å²) in [7, 11) is 0. The van der Waals surface area contributed by atoms with Crippen molar-refractivity contribution in [3.63, 3.8) is 0 Å². The summed E-state index contributed by atoms with van der Waals surface area (Å²) >= 11 is 0. The molecule has 1 aromatic carbocycles. The Morgan fingerprint density at radius 2 is 2.25 bits per heavy atom. The number of carbonyl (C=O) groups is 2. The van der Waals surface area contributed by atoms with Crippen LogP contribution in [-0.4, -0.2) is 23.3 Å². The fourth-order valence-electron chi connectivity index (χ4n) is 2.36. The maximum Gasteiger partial charge on any atom is 0.269 e. The molecule has 7 nitrogen and oxygen atoms in total. The Morgan fingerprint density at radius 1 is 1.55 bits per heavy atom. The Labute approximate surface area is 115 Å². The summed E-state index contributed by atoms with van der Waals surface area (Å²) in [5, 5.41) is 10.8. The highest BCUT2D eigenvalue weighted by Crippen LogP contribution is 2.30. The van der Waals surface area contributed by atoms with Crippen LogP contribution in [0.4, 0.5) is 11.4 Å². The number of aryl methyl sites for hydroxylation is 1. The third kappa shape index (κ3) is 2.47. The molecule has 0 radical (unpaired) electrons. The van der Waals surface area contributed by atoms with Gasteiger partial charge in [-0.3, -0.25) is 19.7 Å². The van der Waals surface area contributed by atoms with Gasteiger partial charge in [0.25, 0.3) is 5.69 Å². The number of non-ortho nitro benzene ring substituents is 1. The SMILES string of the molecule is CCc1cc([N+](=O)[O-])ccc1N1C[C@@H](C(N)=O)CC1=O. The molecule has 1 heterocycles. The van der Waals surface area contributed by atoms with Crippen molar-refractivity contribution in [2.45, 2.75) is 19.8 Å². The molecular formula is C13H15N3O4. The number of nitro benzene ring substituents is 1. The van der Waals surface area contributed by atoms with E-state index in [-0.39, 0.29) is 24.6 Å². The second kappa shape index (κ2) is 5.28. The average molecular weight is 277 g/mol. The van der Waals surface area contributed by atoms with Gasteiger partial charge in [-0.15, -0.1) is 0 Å². The van der Waals surface area contributed by atoms with Gasteiger partial charge >= 0.3 is 0 Å². The van der Waals surface area contributed by atoms with E-state index in [4.69, 9.17) is 5.73 Å². The Balaban J connectivity index is 2.35. The highest BCUT2D eigenvalue weighted by atomic mass is 16.6. The topological polar surface area (TPSA) is 107 Å². The van der Waals surface area contributed by atoms with Crippen LogP contribution in [0.5, 0.6) is 0 Å². The number of nitro groups is 1. The Bertz CT molecular complexity index is 585. The largest absolute Gasteiger partial charge is 0.369 e. The molecule has 1 fully saturated rings. The highest BCUT2D eigenvalue weighted by molar-refractivity contribution is 6.00. The number of rotatable bonds is 4. The molecule has 2 rings (SSSR count). The monoisotopic (exact) mass is 277 g/mol. The molecule has 20 heavy (non-hydrogen) atoms. The lowest BCUT2D eigenvalue weighted by Crippen LogP contribution is -2.29. The molecule has 0 spiro atoms. The second-order valence-corrected chi connectivity index (χ2v) is 4.73. The van der Waals surface area contributed by atoms with Gasteiger partial charge in [0.1, 0.15) is 0 Å². The van der Waals surface area contributed by atoms with Crippen LogP contribution in [0.25, 0.3) is 0 Å². The number of nitrogens with two attached hydrogens (primary N) is 1. The van der Waals surface area contributed by atoms with Crippen molar-refractivity contribution in [1.29, 1.82) is 0 Å². The molecule has 0 saturated carbocycles. The van der Waals surface area contributed by atoms with Crippen LogP contribution in [0.3, 0.4) is 0 Å². The first-order chi connectivity index (χ1) is 9.43. The van der Waals surface area contributed by atoms with E-state index >= 15 is 0 Å². The van der Waals surface area contributed by atoms with Crippen LogP contribution in [0.15, 0.2) is 18.2 Å². The number of carbonyl (C=O) groups excluding carboxylic acids is 2. The van der Waals surface area contributed by atoms with E-state index in [0.29, 0.717) is 17.7 Å². The summed E-state index contributed by atoms with van der Waals surface area (Å²) in [6.07, 6.45) is 0.650. The van der Waals surface area contributed by atoms with Crippen molar-refractivity contribution in [3.8, 4) is 0 Å². The van der Waals surface area contributed by atoms with Gasteiger partial charge in [0.05, 0.1) is 10.8 Å². The zero-order valence-corrected chi connectivity index (χ0v) is 11.0. The number of amides is 2. The van der Waals surface area contributed by atoms with E-state index in [1.807, 2.05) is 6.92 Å². The van der Waals surface area contributed by atoms with Gasteiger partial charge in [-0.25, -0.2) is 0 Å². The van der Waals surface area contributed by atoms with Gasteiger partial charge < -0.3 is 10.6 Å². The first-order valence-electron chi connectivity index (χ1n) is 6.31. The molecular weight excluding hydrogens is 262 g/mol. The fourth-order valence-corrected chi connectivity index (χ4v) is 2.36. The molecule has 1 atom stereocenters. The smallest absolute Gasteiger partial charge is 0.269 e. The summed E-state index contributed by atoms with van der Waals surface area (Å²) < 4.78 is 0. The van der Waals surface area contributed by atoms with Crippen molar-refractivity contribution in [2.24, 2.45) is 11.7 Å². The maximum atomic E-state index is 12.0. The van der Waals surface area contributed by atoms with Gasteiger partial charge in [0.2, 0.25) is 11.8 Å². The molecule has 0 unspecified atom stereocenters. The number of hydrogen-bond acceptors (Lipinski definition) is 4. The summed E-state index contributed by atoms with van der Waals surface area (Å²) in [5.41, 5.74) is 6.54. The lowest BCUT2D eigenvalue weighted by Gasteiger charge is -2.19. The van der Waals surface area contributed by atoms with Crippen molar-refractivity contribution < 1.29 is 14.5 Å². The second-order valence-electron chi connectivity index (χ2n) is 4.73. The highest BCUT2D eigenvalue weighted by Gasteiger charge is 2.34. The first kappa shape index (κ1) is 14.0. The minimum Gasteiger partial charge on any atom is -0.369 e. The number of primary amides is 1. The predicted octanol–water partition coefficient (Wildman–Crippen LogP) is 0.995. The standard InChI is InChI=1S/C13H15N3O4/c1-2-8-5-10(16(19)20)3-4-11(8)15-7-9(13(14)18)6-12(15)17/h3-5,9H,2,6-7H2,1H3,(H2,14,18)/t9-/m0/s1. The maximum absolute atomic E-state index is 12.0.